The Bertz CT molecular complexity index is 4360. The quantitative estimate of drug-likeness (QED) is 0.0140. The number of pyridine rings is 3. The molecule has 3 aromatic heterocycles. The van der Waals surface area contributed by atoms with E-state index < -0.39 is 34.1 Å². The average Bonchev–Trinajstić information content (AvgIpc) is 0.893. The number of quaternary nitrogens is 3. The molecule has 0 saturated carbocycles. The third-order valence-electron chi connectivity index (χ3n) is 20.3. The first-order valence-corrected chi connectivity index (χ1v) is 40.0. The molecule has 2 amide bonds. The van der Waals surface area contributed by atoms with Crippen molar-refractivity contribution in [3.05, 3.63) is 129 Å². The number of hydrogen-bond donors (Lipinski definition) is 7. The zero-order chi connectivity index (χ0) is 82.3. The number of benzene rings is 3. The van der Waals surface area contributed by atoms with E-state index in [4.69, 9.17) is 44.4 Å². The molecular weight excluding hydrogens is 1460 g/mol. The number of aryl methyl sites for hydroxylation is 4. The summed E-state index contributed by atoms with van der Waals surface area (Å²) in [6.07, 6.45) is 5.36. The van der Waals surface area contributed by atoms with Crippen LogP contribution >= 0.6 is 0 Å². The van der Waals surface area contributed by atoms with Crippen molar-refractivity contribution in [1.29, 1.82) is 0 Å². The van der Waals surface area contributed by atoms with Crippen LogP contribution in [0.15, 0.2) is 72.8 Å². The zero-order valence-corrected chi connectivity index (χ0v) is 68.7. The minimum Gasteiger partial charge on any atom is -0.496 e. The number of nitrogens with zero attached hydrogens (tertiary/aromatic N) is 9. The highest BCUT2D eigenvalue weighted by molar-refractivity contribution is 7.85. The molecule has 29 nitrogen and oxygen atoms in total. The number of aromatic nitrogens is 3. The van der Waals surface area contributed by atoms with Gasteiger partial charge >= 0.3 is 17.9 Å². The number of carbonyl (C=O) groups excluding carboxylic acids is 3. The number of nitrogens with two attached hydrogens (primary N) is 1. The van der Waals surface area contributed by atoms with Gasteiger partial charge in [0.1, 0.15) is 52.4 Å². The number of rotatable bonds is 44. The summed E-state index contributed by atoms with van der Waals surface area (Å²) in [5.74, 6) is -2.90. The lowest BCUT2D eigenvalue weighted by atomic mass is 9.94. The number of Topliss-reactive ketones (excluding diaryl/α,β-unsaturated/α-hetero) is 1. The number of likely N-dealkylation sites (N-methyl/N-ethyl adjacent to an activating group) is 2. The van der Waals surface area contributed by atoms with E-state index in [1.807, 2.05) is 66.1 Å². The summed E-state index contributed by atoms with van der Waals surface area (Å²) in [6.45, 7) is 18.9. The van der Waals surface area contributed by atoms with Gasteiger partial charge < -0.3 is 68.8 Å². The van der Waals surface area contributed by atoms with Crippen LogP contribution in [0, 0.1) is 27.7 Å². The molecule has 112 heavy (non-hydrogen) atoms. The van der Waals surface area contributed by atoms with Crippen molar-refractivity contribution in [2.45, 2.75) is 112 Å². The molecular formula is C82H119N12O17S+3. The van der Waals surface area contributed by atoms with Crippen molar-refractivity contribution in [1.82, 2.24) is 40.3 Å². The first-order valence-electron chi connectivity index (χ1n) is 38.4. The van der Waals surface area contributed by atoms with E-state index in [-0.39, 0.29) is 99.3 Å². The molecule has 3 aromatic carbocycles. The van der Waals surface area contributed by atoms with E-state index in [0.717, 1.165) is 77.5 Å². The van der Waals surface area contributed by atoms with Crippen molar-refractivity contribution in [3.8, 4) is 62.1 Å². The molecule has 1 fully saturated rings. The number of hydrogen-bond acceptors (Lipinski definition) is 20. The number of nitrogens with one attached hydrogen (secondary N) is 2. The van der Waals surface area contributed by atoms with Crippen molar-refractivity contribution in [2.75, 3.05) is 174 Å². The van der Waals surface area contributed by atoms with Gasteiger partial charge in [-0.15, -0.1) is 0 Å². The van der Waals surface area contributed by atoms with E-state index in [0.29, 0.717) is 155 Å². The van der Waals surface area contributed by atoms with Crippen LogP contribution in [0.5, 0.6) is 28.7 Å². The van der Waals surface area contributed by atoms with E-state index >= 15 is 0 Å². The Morgan fingerprint density at radius 2 is 0.875 bits per heavy atom. The fraction of sp³-hybridized carbons (Fsp3) is 0.524. The summed E-state index contributed by atoms with van der Waals surface area (Å²) in [5, 5.41) is 38.0. The molecule has 1 aliphatic rings. The van der Waals surface area contributed by atoms with Crippen LogP contribution in [0.4, 0.5) is 0 Å². The standard InChI is InChI=1S/C82H116N12O17S/c1-15-17-28-93(9,10)32-22-84-75(96)53-110-67-35-55(3)77(56(4)36-67)59-39-63(87-70(42-59)80(98)99)49-90-25-24-89(48-62-40-60(43-71(86-62)81(100)101)78-57(5)37-68(45-73(78)107-13)109-52-66(95)21-19-30-92(7,8)31-20-34-112(104,105)106)26-27-91(65(47-83)51-90)50-64-41-61(44-72(88-64)82(102)103)79-58(6)38-69(46-74(79)108-14)111-54-76(97)85-23-33-94(11,12)29-18-16-2/h35-46,65H,15-34,47-54,83H2,1-14H3,(H3-3,84,85,96,97,98,99,100,101,102,103,104,105,106)/p+3. The third-order valence-corrected chi connectivity index (χ3v) is 21.1. The number of unbranched alkanes of at least 4 members (excludes halogenated alkanes) is 2. The molecule has 30 heteroatoms. The van der Waals surface area contributed by atoms with E-state index in [1.165, 1.54) is 32.4 Å². The average molecular weight is 1580 g/mol. The molecule has 1 atom stereocenters. The Morgan fingerprint density at radius 1 is 0.500 bits per heavy atom. The van der Waals surface area contributed by atoms with Crippen molar-refractivity contribution in [2.24, 2.45) is 5.73 Å². The van der Waals surface area contributed by atoms with Crippen LogP contribution in [-0.2, 0) is 44.1 Å². The summed E-state index contributed by atoms with van der Waals surface area (Å²) >= 11 is 0. The second-order valence-electron chi connectivity index (χ2n) is 31.3. The molecule has 8 N–H and O–H groups in total. The van der Waals surface area contributed by atoms with Crippen LogP contribution in [-0.4, -0.2) is 287 Å². The Balaban J connectivity index is 1.21. The van der Waals surface area contributed by atoms with Crippen LogP contribution in [0.25, 0.3) is 33.4 Å². The normalized spacial score (nSPS) is 14.2. The maximum atomic E-state index is 13.2. The molecule has 1 unspecified atom stereocenters. The first kappa shape index (κ1) is 90.0. The largest absolute Gasteiger partial charge is 0.496 e. The summed E-state index contributed by atoms with van der Waals surface area (Å²) < 4.78 is 63.7. The second-order valence-corrected chi connectivity index (χ2v) is 32.8. The highest BCUT2D eigenvalue weighted by atomic mass is 32.2. The number of carboxylic acids is 3. The molecule has 1 saturated heterocycles. The van der Waals surface area contributed by atoms with Gasteiger partial charge in [0.05, 0.1) is 132 Å². The second kappa shape index (κ2) is 41.5. The van der Waals surface area contributed by atoms with Gasteiger partial charge in [-0.2, -0.15) is 8.42 Å². The number of aromatic carboxylic acids is 3. The Morgan fingerprint density at radius 3 is 1.30 bits per heavy atom. The number of ether oxygens (including phenoxy) is 5. The van der Waals surface area contributed by atoms with Gasteiger partial charge in [-0.25, -0.2) is 29.3 Å². The molecule has 7 rings (SSSR count). The topological polar surface area (TPSA) is 362 Å². The minimum atomic E-state index is -4.08. The van der Waals surface area contributed by atoms with Crippen molar-refractivity contribution >= 4 is 45.6 Å². The Kier molecular flexibility index (Phi) is 33.3. The number of carboxylic acid groups (broad SMARTS) is 3. The Hall–Kier alpha value is -9.24. The van der Waals surface area contributed by atoms with Crippen molar-refractivity contribution in [3.63, 3.8) is 0 Å². The van der Waals surface area contributed by atoms with Gasteiger partial charge in [0.2, 0.25) is 0 Å². The highest BCUT2D eigenvalue weighted by Gasteiger charge is 2.30. The molecule has 0 radical (unpaired) electrons. The maximum Gasteiger partial charge on any atom is 0.354 e. The van der Waals surface area contributed by atoms with Crippen molar-refractivity contribution < 1.29 is 94.2 Å². The monoisotopic (exact) mass is 1580 g/mol. The van der Waals surface area contributed by atoms with Crippen LogP contribution in [0.1, 0.15) is 130 Å². The van der Waals surface area contributed by atoms with Gasteiger partial charge in [0, 0.05) is 107 Å². The number of amides is 2. The smallest absolute Gasteiger partial charge is 0.354 e. The first-order chi connectivity index (χ1) is 52.9. The Labute approximate surface area is 659 Å². The van der Waals surface area contributed by atoms with Gasteiger partial charge in [0.25, 0.3) is 21.9 Å². The molecule has 4 heterocycles. The zero-order valence-electron chi connectivity index (χ0n) is 67.9. The molecule has 6 aromatic rings. The molecule has 0 bridgehead atoms. The fourth-order valence-electron chi connectivity index (χ4n) is 14.2. The lowest BCUT2D eigenvalue weighted by Gasteiger charge is -2.34. The van der Waals surface area contributed by atoms with Crippen LogP contribution in [0.3, 0.4) is 0 Å². The SMILES string of the molecule is CCCC[N+](C)(C)CCNC(=O)COc1cc(C)c(-c2cc(CN3CCN(Cc4cc(-c5c(C)cc(OCC(=O)CCC[N+](C)(C)CCCS(=O)(=O)O)cc5OC)cc(C(=O)O)n4)CCN(Cc4cc(-c5c(C)cc(OCC(=O)NCC[N+](C)(C)CCCC)cc5OC)cc(C(=O)O)n4)C(CN)C3)nc(C(=O)O)c2)c(C)c1. The number of carbonyl (C=O) groups is 6. The lowest BCUT2D eigenvalue weighted by molar-refractivity contribution is -0.890. The van der Waals surface area contributed by atoms with Gasteiger partial charge in [0.15, 0.2) is 19.0 Å². The van der Waals surface area contributed by atoms with Crippen LogP contribution < -0.4 is 40.1 Å². The van der Waals surface area contributed by atoms with Gasteiger partial charge in [-0.05, 0) is 146 Å². The van der Waals surface area contributed by atoms with E-state index in [9.17, 15) is 57.1 Å². The summed E-state index contributed by atoms with van der Waals surface area (Å²) in [5.41, 5.74) is 13.8. The highest BCUT2D eigenvalue weighted by Crippen LogP contribution is 2.40. The van der Waals surface area contributed by atoms with E-state index in [2.05, 4.69) is 67.4 Å². The van der Waals surface area contributed by atoms with E-state index in [1.54, 1.807) is 30.3 Å². The predicted octanol–water partition coefficient (Wildman–Crippen LogP) is 8.19. The maximum absolute atomic E-state index is 13.2. The summed E-state index contributed by atoms with van der Waals surface area (Å²) in [6, 6.07) is 20.0. The predicted molar refractivity (Wildman–Crippen MR) is 429 cm³/mol. The number of methoxy groups -OCH3 is 2. The van der Waals surface area contributed by atoms with Crippen LogP contribution in [0.2, 0.25) is 0 Å². The molecule has 0 aliphatic carbocycles. The van der Waals surface area contributed by atoms with Gasteiger partial charge in [-0.1, -0.05) is 26.7 Å². The molecule has 612 valence electrons. The van der Waals surface area contributed by atoms with Gasteiger partial charge in [-0.3, -0.25) is 33.6 Å². The molecule has 1 aliphatic heterocycles. The number of ketones is 1. The summed E-state index contributed by atoms with van der Waals surface area (Å²) in [7, 11) is 11.3. The minimum absolute atomic E-state index is 0.0895. The third kappa shape index (κ3) is 28.1. The summed E-state index contributed by atoms with van der Waals surface area (Å²) in [4.78, 5) is 99.1. The fourth-order valence-corrected chi connectivity index (χ4v) is 14.7. The molecule has 0 spiro atoms. The lowest BCUT2D eigenvalue weighted by Crippen LogP contribution is -2.48.